The van der Waals surface area contributed by atoms with Crippen LogP contribution in [0.2, 0.25) is 0 Å². The molecule has 11 heteroatoms. The minimum atomic E-state index is -3.53. The molecule has 24 heavy (non-hydrogen) atoms. The summed E-state index contributed by atoms with van der Waals surface area (Å²) in [7, 11) is -3.53. The molecule has 1 aromatic carbocycles. The number of aromatic carboxylic acids is 2. The smallest absolute Gasteiger partial charge is 0.545 e. The number of rotatable bonds is 6. The van der Waals surface area contributed by atoms with Crippen molar-refractivity contribution in [1.29, 1.82) is 0 Å². The number of hydrogen-bond acceptors (Lipinski definition) is 7. The van der Waals surface area contributed by atoms with Crippen LogP contribution in [0.5, 0.6) is 0 Å². The third-order valence-corrected chi connectivity index (χ3v) is 4.39. The SMILES string of the molecule is CCC(NC(=O)c1ccc(C(=O)[O-])c(C(=O)[O-])c1)S(C)(=O)=O.[Li+].[Li+]. The van der Waals surface area contributed by atoms with E-state index in [4.69, 9.17) is 0 Å². The summed E-state index contributed by atoms with van der Waals surface area (Å²) in [5.41, 5.74) is -1.56. The zero-order valence-corrected chi connectivity index (χ0v) is 14.6. The molecule has 0 aliphatic carbocycles. The van der Waals surface area contributed by atoms with E-state index >= 15 is 0 Å². The fourth-order valence-electron chi connectivity index (χ4n) is 1.77. The Morgan fingerprint density at radius 2 is 1.58 bits per heavy atom. The maximum absolute atomic E-state index is 12.0. The van der Waals surface area contributed by atoms with E-state index in [0.717, 1.165) is 24.5 Å². The topological polar surface area (TPSA) is 144 Å². The van der Waals surface area contributed by atoms with Gasteiger partial charge in [-0.05, 0) is 18.6 Å². The Kier molecular flexibility index (Phi) is 10.3. The number of hydrogen-bond donors (Lipinski definition) is 1. The van der Waals surface area contributed by atoms with Gasteiger partial charge in [-0.3, -0.25) is 4.79 Å². The van der Waals surface area contributed by atoms with E-state index in [2.05, 4.69) is 5.32 Å². The molecule has 0 spiro atoms. The van der Waals surface area contributed by atoms with Crippen LogP contribution in [0.25, 0.3) is 0 Å². The third-order valence-electron chi connectivity index (χ3n) is 2.90. The summed E-state index contributed by atoms with van der Waals surface area (Å²) in [6.07, 6.45) is 1.07. The maximum atomic E-state index is 12.0. The number of benzene rings is 1. The molecule has 0 heterocycles. The standard InChI is InChI=1S/C13H15NO7S.2Li/c1-3-10(22(2,20)21)14-11(15)7-4-5-8(12(16)17)9(6-7)13(18)19;;/h4-6,10H,3H2,1-2H3,(H,14,15)(H,16,17)(H,18,19);;/q;2*+1/p-2. The Labute approximate surface area is 163 Å². The van der Waals surface area contributed by atoms with Gasteiger partial charge in [-0.1, -0.05) is 13.0 Å². The third kappa shape index (κ3) is 6.35. The quantitative estimate of drug-likeness (QED) is 0.506. The maximum Gasteiger partial charge on any atom is 1.00 e. The van der Waals surface area contributed by atoms with Crippen molar-refractivity contribution in [2.45, 2.75) is 18.7 Å². The fourth-order valence-corrected chi connectivity index (χ4v) is 2.70. The van der Waals surface area contributed by atoms with Crippen LogP contribution in [0.3, 0.4) is 0 Å². The van der Waals surface area contributed by atoms with Gasteiger partial charge in [0.25, 0.3) is 5.91 Å². The van der Waals surface area contributed by atoms with Gasteiger partial charge in [0, 0.05) is 22.9 Å². The number of amides is 1. The average molecular weight is 341 g/mol. The van der Waals surface area contributed by atoms with Crippen molar-refractivity contribution in [1.82, 2.24) is 5.32 Å². The number of carbonyl (C=O) groups is 3. The van der Waals surface area contributed by atoms with Gasteiger partial charge in [-0.15, -0.1) is 0 Å². The fraction of sp³-hybridized carbons (Fsp3) is 0.308. The van der Waals surface area contributed by atoms with Crippen LogP contribution in [0.1, 0.15) is 44.4 Å². The van der Waals surface area contributed by atoms with Crippen molar-refractivity contribution >= 4 is 27.7 Å². The molecule has 120 valence electrons. The first-order valence-electron chi connectivity index (χ1n) is 6.14. The summed E-state index contributed by atoms with van der Waals surface area (Å²) in [5.74, 6) is -4.36. The van der Waals surface area contributed by atoms with Gasteiger partial charge >= 0.3 is 37.7 Å². The Hall–Kier alpha value is -1.23. The summed E-state index contributed by atoms with van der Waals surface area (Å²) in [6, 6.07) is 2.74. The molecule has 0 fully saturated rings. The number of carbonyl (C=O) groups excluding carboxylic acids is 3. The van der Waals surface area contributed by atoms with E-state index in [1.54, 1.807) is 6.92 Å². The molecule has 1 aromatic rings. The average Bonchev–Trinajstić information content (AvgIpc) is 2.42. The summed E-state index contributed by atoms with van der Waals surface area (Å²) in [6.45, 7) is 1.55. The number of nitrogens with one attached hydrogen (secondary N) is 1. The van der Waals surface area contributed by atoms with E-state index in [1.165, 1.54) is 0 Å². The van der Waals surface area contributed by atoms with Crippen LogP contribution in [-0.2, 0) is 9.84 Å². The van der Waals surface area contributed by atoms with Crippen LogP contribution in [0.4, 0.5) is 0 Å². The molecular formula is C13H13Li2NO7S. The molecule has 1 rings (SSSR count). The second-order valence-electron chi connectivity index (χ2n) is 4.54. The van der Waals surface area contributed by atoms with Crippen LogP contribution >= 0.6 is 0 Å². The molecule has 0 saturated carbocycles. The van der Waals surface area contributed by atoms with Crippen molar-refractivity contribution < 1.29 is 70.7 Å². The van der Waals surface area contributed by atoms with Gasteiger partial charge < -0.3 is 25.1 Å². The second kappa shape index (κ2) is 9.92. The Bertz CT molecular complexity index is 734. The molecule has 0 aliphatic rings. The van der Waals surface area contributed by atoms with Crippen molar-refractivity contribution in [2.75, 3.05) is 6.26 Å². The van der Waals surface area contributed by atoms with E-state index in [-0.39, 0.29) is 49.7 Å². The number of sulfone groups is 1. The van der Waals surface area contributed by atoms with Crippen molar-refractivity contribution in [3.63, 3.8) is 0 Å². The Morgan fingerprint density at radius 3 is 1.96 bits per heavy atom. The zero-order chi connectivity index (χ0) is 17.1. The molecule has 1 amide bonds. The van der Waals surface area contributed by atoms with Gasteiger partial charge in [0.15, 0.2) is 9.84 Å². The molecule has 1 N–H and O–H groups in total. The normalized spacial score (nSPS) is 11.4. The van der Waals surface area contributed by atoms with E-state index in [0.29, 0.717) is 0 Å². The molecule has 0 bridgehead atoms. The van der Waals surface area contributed by atoms with Crippen LogP contribution in [0.15, 0.2) is 18.2 Å². The summed E-state index contributed by atoms with van der Waals surface area (Å²) in [5, 5.41) is 22.8. The molecule has 0 radical (unpaired) electrons. The molecule has 0 saturated heterocycles. The Balaban J connectivity index is 0. The van der Waals surface area contributed by atoms with Crippen LogP contribution < -0.4 is 53.3 Å². The summed E-state index contributed by atoms with van der Waals surface area (Å²) < 4.78 is 22.9. The molecule has 8 nitrogen and oxygen atoms in total. The first-order valence-corrected chi connectivity index (χ1v) is 8.09. The van der Waals surface area contributed by atoms with Crippen LogP contribution in [-0.4, -0.2) is 37.9 Å². The first kappa shape index (κ1) is 25.0. The minimum absolute atomic E-state index is 0. The van der Waals surface area contributed by atoms with Crippen molar-refractivity contribution in [3.8, 4) is 0 Å². The number of carboxylic acid groups (broad SMARTS) is 2. The zero-order valence-electron chi connectivity index (χ0n) is 13.8. The molecule has 1 atom stereocenters. The summed E-state index contributed by atoms with van der Waals surface area (Å²) in [4.78, 5) is 33.7. The van der Waals surface area contributed by atoms with E-state index < -0.39 is 44.2 Å². The van der Waals surface area contributed by atoms with Crippen molar-refractivity contribution in [3.05, 3.63) is 34.9 Å². The largest absolute Gasteiger partial charge is 1.00 e. The van der Waals surface area contributed by atoms with E-state index in [1.807, 2.05) is 0 Å². The summed E-state index contributed by atoms with van der Waals surface area (Å²) >= 11 is 0. The van der Waals surface area contributed by atoms with Gasteiger partial charge in [0.1, 0.15) is 5.37 Å². The second-order valence-corrected chi connectivity index (χ2v) is 6.76. The first-order chi connectivity index (χ1) is 10.1. The number of carboxylic acids is 2. The molecule has 0 aliphatic heterocycles. The van der Waals surface area contributed by atoms with Gasteiger partial charge in [-0.2, -0.15) is 0 Å². The molecule has 1 unspecified atom stereocenters. The minimum Gasteiger partial charge on any atom is -0.545 e. The Morgan fingerprint density at radius 1 is 1.08 bits per heavy atom. The van der Waals surface area contributed by atoms with Gasteiger partial charge in [0.2, 0.25) is 0 Å². The van der Waals surface area contributed by atoms with Crippen molar-refractivity contribution in [2.24, 2.45) is 0 Å². The monoisotopic (exact) mass is 341 g/mol. The van der Waals surface area contributed by atoms with Gasteiger partial charge in [0.05, 0.1) is 11.9 Å². The molecule has 0 aromatic heterocycles. The van der Waals surface area contributed by atoms with Crippen LogP contribution in [0, 0.1) is 0 Å². The van der Waals surface area contributed by atoms with E-state index in [9.17, 15) is 33.0 Å². The van der Waals surface area contributed by atoms with Gasteiger partial charge in [-0.25, -0.2) is 8.42 Å². The molecular weight excluding hydrogens is 328 g/mol. The predicted octanol–water partition coefficient (Wildman–Crippen LogP) is -8.07. The predicted molar refractivity (Wildman–Crippen MR) is 71.5 cm³/mol.